The maximum Gasteiger partial charge on any atom is 0.357 e. The molecule has 3 aromatic rings. The minimum absolute atomic E-state index is 0.192. The fourth-order valence-electron chi connectivity index (χ4n) is 6.69. The minimum Gasteiger partial charge on any atom is -0.476 e. The average molecular weight is 563 g/mol. The average Bonchev–Trinajstić information content (AvgIpc) is 3.33. The van der Waals surface area contributed by atoms with Crippen LogP contribution in [-0.2, 0) is 27.2 Å². The molecule has 2 unspecified atom stereocenters. The summed E-state index contributed by atoms with van der Waals surface area (Å²) in [5.74, 6) is -3.51. The number of carboxylic acids is 1. The molecule has 0 bridgehead atoms. The zero-order valence-corrected chi connectivity index (χ0v) is 23.2. The van der Waals surface area contributed by atoms with Crippen LogP contribution < -0.4 is 14.8 Å². The van der Waals surface area contributed by atoms with E-state index in [2.05, 4.69) is 40.1 Å². The van der Waals surface area contributed by atoms with Gasteiger partial charge in [0.1, 0.15) is 0 Å². The van der Waals surface area contributed by atoms with E-state index in [-0.39, 0.29) is 11.1 Å². The number of amides is 1. The second-order valence-electron chi connectivity index (χ2n) is 11.3. The Morgan fingerprint density at radius 2 is 1.60 bits per heavy atom. The van der Waals surface area contributed by atoms with Gasteiger partial charge in [0.25, 0.3) is 5.91 Å². The first-order valence-corrected chi connectivity index (χ1v) is 14.3. The predicted molar refractivity (Wildman–Crippen MR) is 160 cm³/mol. The van der Waals surface area contributed by atoms with Crippen LogP contribution in [0.25, 0.3) is 0 Å². The van der Waals surface area contributed by atoms with Crippen LogP contribution in [0, 0.1) is 0 Å². The number of aryl methyl sites for hydroxylation is 2. The second-order valence-corrected chi connectivity index (χ2v) is 11.3. The van der Waals surface area contributed by atoms with Crippen molar-refractivity contribution in [2.45, 2.75) is 37.7 Å². The summed E-state index contributed by atoms with van der Waals surface area (Å²) in [5.41, 5.74) is 5.91. The smallest absolute Gasteiger partial charge is 0.357 e. The van der Waals surface area contributed by atoms with Crippen LogP contribution >= 0.6 is 0 Å². The third-order valence-electron chi connectivity index (χ3n) is 8.78. The number of Topliss-reactive ketones (excluding diaryl/α,β-unsaturated/α-hetero) is 1. The van der Waals surface area contributed by atoms with Gasteiger partial charge >= 0.3 is 5.97 Å². The van der Waals surface area contributed by atoms with Crippen molar-refractivity contribution in [1.82, 2.24) is 0 Å². The molecule has 1 saturated carbocycles. The Morgan fingerprint density at radius 3 is 2.33 bits per heavy atom. The molecule has 3 heterocycles. The van der Waals surface area contributed by atoms with Gasteiger partial charge in [-0.15, -0.1) is 0 Å². The molecule has 7 rings (SSSR count). The molecule has 1 aliphatic carbocycles. The highest BCUT2D eigenvalue weighted by Crippen LogP contribution is 2.44. The van der Waals surface area contributed by atoms with E-state index < -0.39 is 35.4 Å². The Hall–Kier alpha value is -4.76. The number of nitrogens with zero attached hydrogens (tertiary/aromatic N) is 4. The van der Waals surface area contributed by atoms with Crippen molar-refractivity contribution in [2.24, 2.45) is 5.10 Å². The first kappa shape index (κ1) is 26.2. The van der Waals surface area contributed by atoms with Gasteiger partial charge in [-0.3, -0.25) is 9.59 Å². The Bertz CT molecular complexity index is 1710. The topological polar surface area (TPSA) is 114 Å². The Kier molecular flexibility index (Phi) is 6.20. The van der Waals surface area contributed by atoms with Crippen molar-refractivity contribution in [2.75, 3.05) is 34.9 Å². The van der Waals surface area contributed by atoms with Gasteiger partial charge in [-0.25, -0.2) is 4.79 Å². The quantitative estimate of drug-likeness (QED) is 0.463. The van der Waals surface area contributed by atoms with Crippen molar-refractivity contribution in [3.05, 3.63) is 94.6 Å². The van der Waals surface area contributed by atoms with Crippen LogP contribution in [0.5, 0.6) is 0 Å². The molecule has 2 atom stereocenters. The molecule has 212 valence electrons. The van der Waals surface area contributed by atoms with E-state index in [1.165, 1.54) is 11.3 Å². The summed E-state index contributed by atoms with van der Waals surface area (Å²) in [6.45, 7) is 1.95. The number of aliphatic hydroxyl groups is 1. The molecule has 0 radical (unpaired) electrons. The molecule has 4 aliphatic rings. The summed E-state index contributed by atoms with van der Waals surface area (Å²) in [6.07, 6.45) is 2.68. The number of para-hydroxylation sites is 1. The zero-order valence-electron chi connectivity index (χ0n) is 23.2. The summed E-state index contributed by atoms with van der Waals surface area (Å²) in [6, 6.07) is 20.9. The van der Waals surface area contributed by atoms with Gasteiger partial charge in [-0.1, -0.05) is 30.3 Å². The van der Waals surface area contributed by atoms with E-state index in [0.29, 0.717) is 11.3 Å². The SMILES string of the molecule is CN1CCCc2cc(N3CCCc4cc(C5C(=O)/C(=C6/C(=O)N(c7ccccc7)N=C6C(=O)O)C5O)ccc43)ccc21. The molecule has 3 aromatic carbocycles. The monoisotopic (exact) mass is 562 g/mol. The van der Waals surface area contributed by atoms with E-state index in [1.54, 1.807) is 30.3 Å². The van der Waals surface area contributed by atoms with Gasteiger partial charge in [0, 0.05) is 42.8 Å². The molecule has 3 aliphatic heterocycles. The number of hydrogen-bond acceptors (Lipinski definition) is 7. The number of carbonyl (C=O) groups is 3. The van der Waals surface area contributed by atoms with E-state index in [1.807, 2.05) is 18.2 Å². The van der Waals surface area contributed by atoms with Crippen LogP contribution in [0.2, 0.25) is 0 Å². The minimum atomic E-state index is -1.43. The molecule has 0 saturated heterocycles. The summed E-state index contributed by atoms with van der Waals surface area (Å²) in [7, 11) is 2.13. The molecule has 0 spiro atoms. The summed E-state index contributed by atoms with van der Waals surface area (Å²) < 4.78 is 0. The molecule has 42 heavy (non-hydrogen) atoms. The fraction of sp³-hybridized carbons (Fsp3) is 0.273. The Morgan fingerprint density at radius 1 is 0.881 bits per heavy atom. The van der Waals surface area contributed by atoms with E-state index in [4.69, 9.17) is 0 Å². The highest BCUT2D eigenvalue weighted by Gasteiger charge is 2.51. The first-order valence-electron chi connectivity index (χ1n) is 14.3. The zero-order chi connectivity index (χ0) is 29.1. The van der Waals surface area contributed by atoms with Crippen LogP contribution in [-0.4, -0.2) is 59.8 Å². The van der Waals surface area contributed by atoms with E-state index >= 15 is 0 Å². The van der Waals surface area contributed by atoms with Gasteiger partial charge in [0.05, 0.1) is 23.3 Å². The number of aliphatic carboxylic acids is 1. The molecule has 9 nitrogen and oxygen atoms in total. The normalized spacial score (nSPS) is 23.4. The second kappa shape index (κ2) is 9.95. The number of fused-ring (bicyclic) bond motifs is 2. The number of carboxylic acid groups (broad SMARTS) is 1. The van der Waals surface area contributed by atoms with Gasteiger partial charge in [0.2, 0.25) is 0 Å². The highest BCUT2D eigenvalue weighted by molar-refractivity contribution is 6.54. The lowest BCUT2D eigenvalue weighted by Crippen LogP contribution is -2.46. The van der Waals surface area contributed by atoms with Crippen LogP contribution in [0.4, 0.5) is 22.7 Å². The summed E-state index contributed by atoms with van der Waals surface area (Å²) >= 11 is 0. The van der Waals surface area contributed by atoms with Crippen molar-refractivity contribution in [3.8, 4) is 0 Å². The number of carbonyl (C=O) groups excluding carboxylic acids is 2. The summed E-state index contributed by atoms with van der Waals surface area (Å²) in [4.78, 5) is 43.4. The van der Waals surface area contributed by atoms with Gasteiger partial charge in [0.15, 0.2) is 11.5 Å². The molecule has 2 N–H and O–H groups in total. The van der Waals surface area contributed by atoms with Crippen molar-refractivity contribution < 1.29 is 24.6 Å². The molecule has 9 heteroatoms. The lowest BCUT2D eigenvalue weighted by atomic mass is 9.68. The lowest BCUT2D eigenvalue weighted by Gasteiger charge is -2.37. The number of rotatable bonds is 4. The van der Waals surface area contributed by atoms with E-state index in [0.717, 1.165) is 60.7 Å². The molecular formula is C33H30N4O5. The number of hydrogen-bond donors (Lipinski definition) is 2. The number of hydrazone groups is 1. The van der Waals surface area contributed by atoms with Crippen molar-refractivity contribution in [3.63, 3.8) is 0 Å². The predicted octanol–water partition coefficient (Wildman–Crippen LogP) is 3.96. The standard InChI is InChI=1S/C33H30N4O5/c1-35-15-5-7-20-18-23(12-14-24(20)35)36-16-6-8-19-17-21(11-13-25(19)36)26-30(38)28(31(26)39)27-29(33(41)42)34-37(32(27)40)22-9-3-2-4-10-22/h2-4,9-14,17-18,26,30,38H,5-8,15-16H2,1H3,(H,41,42)/b28-27+. The maximum atomic E-state index is 13.5. The number of aliphatic hydroxyl groups excluding tert-OH is 1. The highest BCUT2D eigenvalue weighted by atomic mass is 16.4. The lowest BCUT2D eigenvalue weighted by molar-refractivity contribution is -0.129. The molecule has 1 amide bonds. The van der Waals surface area contributed by atoms with Crippen LogP contribution in [0.1, 0.15) is 35.4 Å². The van der Waals surface area contributed by atoms with Crippen molar-refractivity contribution >= 4 is 46.1 Å². The van der Waals surface area contributed by atoms with Gasteiger partial charge in [-0.05, 0) is 78.8 Å². The molecule has 0 aromatic heterocycles. The third-order valence-corrected chi connectivity index (χ3v) is 8.78. The van der Waals surface area contributed by atoms with Crippen LogP contribution in [0.3, 0.4) is 0 Å². The summed E-state index contributed by atoms with van der Waals surface area (Å²) in [5, 5.41) is 25.9. The van der Waals surface area contributed by atoms with E-state index in [9.17, 15) is 24.6 Å². The number of benzene rings is 3. The van der Waals surface area contributed by atoms with Crippen LogP contribution in [0.15, 0.2) is 83.0 Å². The van der Waals surface area contributed by atoms with Gasteiger partial charge in [-0.2, -0.15) is 10.1 Å². The van der Waals surface area contributed by atoms with Crippen molar-refractivity contribution in [1.29, 1.82) is 0 Å². The van der Waals surface area contributed by atoms with Gasteiger partial charge < -0.3 is 20.0 Å². The molecular weight excluding hydrogens is 532 g/mol. The number of anilines is 4. The number of ketones is 1. The molecule has 1 fully saturated rings. The fourth-order valence-corrected chi connectivity index (χ4v) is 6.69. The first-order chi connectivity index (χ1) is 20.3. The Balaban J connectivity index is 1.18. The Labute approximate surface area is 243 Å². The largest absolute Gasteiger partial charge is 0.476 e. The maximum absolute atomic E-state index is 13.5. The third kappa shape index (κ3) is 4.03.